The van der Waals surface area contributed by atoms with E-state index in [1.165, 1.54) is 4.90 Å². The van der Waals surface area contributed by atoms with Crippen molar-refractivity contribution in [2.75, 3.05) is 18.0 Å². The summed E-state index contributed by atoms with van der Waals surface area (Å²) in [6.45, 7) is 10.7. The van der Waals surface area contributed by atoms with Crippen molar-refractivity contribution in [2.24, 2.45) is 0 Å². The molecule has 0 aliphatic rings. The normalized spacial score (nSPS) is 12.4. The van der Waals surface area contributed by atoms with Crippen molar-refractivity contribution in [1.82, 2.24) is 10.2 Å². The van der Waals surface area contributed by atoms with Gasteiger partial charge in [0, 0.05) is 12.1 Å². The van der Waals surface area contributed by atoms with Crippen molar-refractivity contribution in [3.63, 3.8) is 0 Å². The molecule has 1 atom stereocenters. The summed E-state index contributed by atoms with van der Waals surface area (Å²) >= 11 is 0. The molecule has 8 nitrogen and oxygen atoms in total. The van der Waals surface area contributed by atoms with Crippen LogP contribution in [0.5, 0.6) is 5.75 Å². The molecule has 0 unspecified atom stereocenters. The number of ether oxygens (including phenoxy) is 1. The van der Waals surface area contributed by atoms with Crippen molar-refractivity contribution < 1.29 is 22.7 Å². The minimum atomic E-state index is -4.12. The standard InChI is InChI=1S/C32H41N3O5S/c1-8-26-11-9-10-12-29(26)35(41(38,39)28-19-13-23(2)14-20-28)22-30(36)34(24(3)31(37)33-32(4,5)6)21-25-15-17-27(40-7)18-16-25/h9-20,24H,8,21-22H2,1-7H3,(H,33,37)/t24-/m0/s1. The van der Waals surface area contributed by atoms with Crippen LogP contribution in [0.3, 0.4) is 0 Å². The molecule has 0 bridgehead atoms. The van der Waals surface area contributed by atoms with E-state index >= 15 is 0 Å². The van der Waals surface area contributed by atoms with Crippen LogP contribution in [0.15, 0.2) is 77.7 Å². The number of carbonyl (C=O) groups is 2. The molecule has 3 rings (SSSR count). The fourth-order valence-electron chi connectivity index (χ4n) is 4.39. The van der Waals surface area contributed by atoms with Gasteiger partial charge in [0.15, 0.2) is 0 Å². The summed E-state index contributed by atoms with van der Waals surface area (Å²) < 4.78 is 34.5. The van der Waals surface area contributed by atoms with Crippen molar-refractivity contribution in [2.45, 2.75) is 71.0 Å². The Hall–Kier alpha value is -3.85. The molecule has 0 saturated heterocycles. The first-order valence-electron chi connectivity index (χ1n) is 13.7. The fourth-order valence-corrected chi connectivity index (χ4v) is 5.84. The van der Waals surface area contributed by atoms with Gasteiger partial charge in [0.25, 0.3) is 10.0 Å². The quantitative estimate of drug-likeness (QED) is 0.341. The van der Waals surface area contributed by atoms with E-state index < -0.39 is 34.1 Å². The average molecular weight is 580 g/mol. The van der Waals surface area contributed by atoms with Gasteiger partial charge in [0.05, 0.1) is 17.7 Å². The third-order valence-electron chi connectivity index (χ3n) is 6.71. The van der Waals surface area contributed by atoms with E-state index in [1.54, 1.807) is 62.6 Å². The number of benzene rings is 3. The lowest BCUT2D eigenvalue weighted by atomic mass is 10.1. The average Bonchev–Trinajstić information content (AvgIpc) is 2.93. The Balaban J connectivity index is 2.07. The number of aryl methyl sites for hydroxylation is 2. The van der Waals surface area contributed by atoms with Crippen LogP contribution in [0.25, 0.3) is 0 Å². The molecule has 41 heavy (non-hydrogen) atoms. The van der Waals surface area contributed by atoms with E-state index in [9.17, 15) is 18.0 Å². The largest absolute Gasteiger partial charge is 0.497 e. The first-order valence-corrected chi connectivity index (χ1v) is 15.1. The highest BCUT2D eigenvalue weighted by molar-refractivity contribution is 7.92. The van der Waals surface area contributed by atoms with Gasteiger partial charge in [-0.05, 0) is 82.5 Å². The van der Waals surface area contributed by atoms with Crippen LogP contribution in [-0.4, -0.2) is 50.4 Å². The Morgan fingerprint density at radius 2 is 1.56 bits per heavy atom. The van der Waals surface area contributed by atoms with Gasteiger partial charge in [0.2, 0.25) is 11.8 Å². The summed E-state index contributed by atoms with van der Waals surface area (Å²) in [5.41, 5.74) is 2.40. The zero-order valence-corrected chi connectivity index (χ0v) is 25.8. The predicted octanol–water partition coefficient (Wildman–Crippen LogP) is 5.09. The Kier molecular flexibility index (Phi) is 10.2. The smallest absolute Gasteiger partial charge is 0.264 e. The van der Waals surface area contributed by atoms with Crippen LogP contribution >= 0.6 is 0 Å². The van der Waals surface area contributed by atoms with Crippen LogP contribution in [0.2, 0.25) is 0 Å². The number of rotatable bonds is 11. The first kappa shape index (κ1) is 31.7. The second-order valence-electron chi connectivity index (χ2n) is 11.1. The lowest BCUT2D eigenvalue weighted by molar-refractivity contribution is -0.140. The van der Waals surface area contributed by atoms with Gasteiger partial charge < -0.3 is 15.0 Å². The maximum absolute atomic E-state index is 14.1. The molecule has 0 aliphatic carbocycles. The Labute approximate surface area is 244 Å². The van der Waals surface area contributed by atoms with Gasteiger partial charge in [-0.3, -0.25) is 13.9 Å². The zero-order chi connectivity index (χ0) is 30.4. The highest BCUT2D eigenvalue weighted by atomic mass is 32.2. The molecule has 3 aromatic carbocycles. The minimum absolute atomic E-state index is 0.0852. The van der Waals surface area contributed by atoms with Crippen molar-refractivity contribution in [1.29, 1.82) is 0 Å². The number of para-hydroxylation sites is 1. The third kappa shape index (κ3) is 8.10. The number of carbonyl (C=O) groups excluding carboxylic acids is 2. The van der Waals surface area contributed by atoms with E-state index in [1.807, 2.05) is 58.9 Å². The lowest BCUT2D eigenvalue weighted by Crippen LogP contribution is -2.54. The Morgan fingerprint density at radius 3 is 2.12 bits per heavy atom. The van der Waals surface area contributed by atoms with Gasteiger partial charge in [-0.2, -0.15) is 0 Å². The van der Waals surface area contributed by atoms with Crippen LogP contribution in [0.4, 0.5) is 5.69 Å². The molecule has 3 aromatic rings. The summed E-state index contributed by atoms with van der Waals surface area (Å²) in [6.07, 6.45) is 0.574. The number of nitrogens with zero attached hydrogens (tertiary/aromatic N) is 2. The molecular weight excluding hydrogens is 538 g/mol. The summed E-state index contributed by atoms with van der Waals surface area (Å²) in [5, 5.41) is 2.94. The summed E-state index contributed by atoms with van der Waals surface area (Å²) in [7, 11) is -2.55. The highest BCUT2D eigenvalue weighted by Crippen LogP contribution is 2.28. The summed E-state index contributed by atoms with van der Waals surface area (Å²) in [5.74, 6) is -0.170. The molecule has 220 valence electrons. The first-order chi connectivity index (χ1) is 19.3. The van der Waals surface area contributed by atoms with Crippen molar-refractivity contribution >= 4 is 27.5 Å². The maximum Gasteiger partial charge on any atom is 0.264 e. The van der Waals surface area contributed by atoms with Gasteiger partial charge in [0.1, 0.15) is 18.3 Å². The van der Waals surface area contributed by atoms with Gasteiger partial charge in [-0.25, -0.2) is 8.42 Å². The second kappa shape index (κ2) is 13.2. The molecule has 2 amide bonds. The highest BCUT2D eigenvalue weighted by Gasteiger charge is 2.34. The van der Waals surface area contributed by atoms with E-state index in [4.69, 9.17) is 4.74 Å². The Bertz CT molecular complexity index is 1450. The molecule has 0 aliphatic heterocycles. The number of sulfonamides is 1. The number of methoxy groups -OCH3 is 1. The SMILES string of the molecule is CCc1ccccc1N(CC(=O)N(Cc1ccc(OC)cc1)[C@@H](C)C(=O)NC(C)(C)C)S(=O)(=O)c1ccc(C)cc1. The number of hydrogen-bond acceptors (Lipinski definition) is 5. The maximum atomic E-state index is 14.1. The number of nitrogens with one attached hydrogen (secondary N) is 1. The van der Waals surface area contributed by atoms with Gasteiger partial charge >= 0.3 is 0 Å². The van der Waals surface area contributed by atoms with E-state index in [0.717, 1.165) is 21.0 Å². The predicted molar refractivity (Wildman–Crippen MR) is 162 cm³/mol. The molecule has 9 heteroatoms. The van der Waals surface area contributed by atoms with Crippen molar-refractivity contribution in [3.8, 4) is 5.75 Å². The topological polar surface area (TPSA) is 96.0 Å². The zero-order valence-electron chi connectivity index (χ0n) is 25.0. The summed E-state index contributed by atoms with van der Waals surface area (Å²) in [4.78, 5) is 28.9. The number of amides is 2. The molecule has 0 heterocycles. The number of hydrogen-bond donors (Lipinski definition) is 1. The van der Waals surface area contributed by atoms with Gasteiger partial charge in [-0.15, -0.1) is 0 Å². The fraction of sp³-hybridized carbons (Fsp3) is 0.375. The molecular formula is C32H41N3O5S. The Morgan fingerprint density at radius 1 is 0.951 bits per heavy atom. The third-order valence-corrected chi connectivity index (χ3v) is 8.48. The van der Waals surface area contributed by atoms with E-state index in [0.29, 0.717) is 17.9 Å². The molecule has 0 aromatic heterocycles. The molecule has 0 radical (unpaired) electrons. The molecule has 1 N–H and O–H groups in total. The molecule has 0 saturated carbocycles. The van der Waals surface area contributed by atoms with Crippen LogP contribution in [-0.2, 0) is 32.6 Å². The molecule has 0 spiro atoms. The van der Waals surface area contributed by atoms with Crippen LogP contribution < -0.4 is 14.4 Å². The van der Waals surface area contributed by atoms with Gasteiger partial charge in [-0.1, -0.05) is 55.0 Å². The van der Waals surface area contributed by atoms with Crippen molar-refractivity contribution in [3.05, 3.63) is 89.5 Å². The second-order valence-corrected chi connectivity index (χ2v) is 13.0. The number of anilines is 1. The van der Waals surface area contributed by atoms with Crippen LogP contribution in [0, 0.1) is 6.92 Å². The lowest BCUT2D eigenvalue weighted by Gasteiger charge is -2.34. The molecule has 0 fully saturated rings. The summed E-state index contributed by atoms with van der Waals surface area (Å²) in [6, 6.07) is 20.1. The van der Waals surface area contributed by atoms with E-state index in [2.05, 4.69) is 5.32 Å². The monoisotopic (exact) mass is 579 g/mol. The minimum Gasteiger partial charge on any atom is -0.497 e. The van der Waals surface area contributed by atoms with E-state index in [-0.39, 0.29) is 17.3 Å². The van der Waals surface area contributed by atoms with Crippen LogP contribution in [0.1, 0.15) is 51.3 Å².